The molecule has 0 heterocycles. The van der Waals surface area contributed by atoms with Crippen LogP contribution in [0.25, 0.3) is 0 Å². The molecule has 0 rings (SSSR count). The number of nitrogens with one attached hydrogen (secondary N) is 1. The van der Waals surface area contributed by atoms with Crippen molar-refractivity contribution in [1.29, 1.82) is 0 Å². The van der Waals surface area contributed by atoms with Crippen LogP contribution in [0.2, 0.25) is 0 Å². The van der Waals surface area contributed by atoms with Crippen LogP contribution in [-0.2, 0) is 19.1 Å². The predicted molar refractivity (Wildman–Crippen MR) is 126 cm³/mol. The normalized spacial score (nSPS) is 5.04. The SMILES string of the molecule is C.C.C.C.C.C.CCC(C)=O.CNC.COC.COC(C)=O.CSC. The Morgan fingerprint density at radius 3 is 0.920 bits per heavy atom. The van der Waals surface area contributed by atoms with Crippen molar-refractivity contribution < 1.29 is 19.1 Å². The molecule has 0 unspecified atom stereocenters. The largest absolute Gasteiger partial charge is 0.469 e. The third-order valence-corrected chi connectivity index (χ3v) is 0.785. The van der Waals surface area contributed by atoms with Crippen molar-refractivity contribution in [2.45, 2.75) is 71.8 Å². The molecular formula is C19H57NO4S. The number of rotatable bonds is 1. The summed E-state index contributed by atoms with van der Waals surface area (Å²) in [6, 6.07) is 0. The van der Waals surface area contributed by atoms with Gasteiger partial charge in [-0.25, -0.2) is 0 Å². The summed E-state index contributed by atoms with van der Waals surface area (Å²) in [5.74, 6) is 0.00926. The first-order valence-electron chi connectivity index (χ1n) is 5.71. The lowest BCUT2D eigenvalue weighted by atomic mass is 10.4. The Balaban J connectivity index is -0.0000000105. The van der Waals surface area contributed by atoms with E-state index in [0.717, 1.165) is 0 Å². The molecule has 0 aliphatic heterocycles. The first-order valence-corrected chi connectivity index (χ1v) is 7.35. The summed E-state index contributed by atoms with van der Waals surface area (Å²) in [5, 5.41) is 2.75. The van der Waals surface area contributed by atoms with Crippen LogP contribution in [0.15, 0.2) is 0 Å². The molecule has 0 saturated heterocycles. The van der Waals surface area contributed by atoms with Gasteiger partial charge in [-0.15, -0.1) is 0 Å². The zero-order chi connectivity index (χ0) is 16.7. The smallest absolute Gasteiger partial charge is 0.302 e. The lowest BCUT2D eigenvalue weighted by Crippen LogP contribution is -1.89. The molecule has 0 fully saturated rings. The molecule has 0 aromatic carbocycles. The highest BCUT2D eigenvalue weighted by atomic mass is 32.2. The summed E-state index contributed by atoms with van der Waals surface area (Å²) in [4.78, 5) is 19.4. The number of hydrogen-bond acceptors (Lipinski definition) is 6. The molecule has 0 atom stereocenters. The molecule has 0 aromatic heterocycles. The highest BCUT2D eigenvalue weighted by Crippen LogP contribution is 1.71. The van der Waals surface area contributed by atoms with Crippen molar-refractivity contribution in [2.24, 2.45) is 0 Å². The monoisotopic (exact) mass is 395 g/mol. The van der Waals surface area contributed by atoms with Crippen LogP contribution >= 0.6 is 11.8 Å². The summed E-state index contributed by atoms with van der Waals surface area (Å²) in [5.41, 5.74) is 0. The lowest BCUT2D eigenvalue weighted by Gasteiger charge is -1.80. The summed E-state index contributed by atoms with van der Waals surface area (Å²) in [6.45, 7) is 4.79. The summed E-state index contributed by atoms with van der Waals surface area (Å²) >= 11 is 1.75. The van der Waals surface area contributed by atoms with E-state index < -0.39 is 0 Å². The highest BCUT2D eigenvalue weighted by molar-refractivity contribution is 7.97. The minimum Gasteiger partial charge on any atom is -0.469 e. The Hall–Kier alpha value is -0.590. The predicted octanol–water partition coefficient (Wildman–Crippen LogP) is 6.06. The third kappa shape index (κ3) is 923. The van der Waals surface area contributed by atoms with Gasteiger partial charge in [0.2, 0.25) is 0 Å². The number of esters is 1. The standard InChI is InChI=1S/C4H8O.C3H6O2.C2H7N.C2H6O.C2H6S.6CH4/c1-3-4(2)5;1-3(4)5-2;3*1-3-2;;;;;;/h3H2,1-2H3;1-2H3;3H,1-2H3;2*1-2H3;6*1H4. The number of thioether (sulfide) groups is 1. The van der Waals surface area contributed by atoms with Crippen LogP contribution in [0.4, 0.5) is 0 Å². The molecule has 0 spiro atoms. The van der Waals surface area contributed by atoms with Crippen LogP contribution in [-0.4, -0.2) is 59.7 Å². The maximum Gasteiger partial charge on any atom is 0.302 e. The van der Waals surface area contributed by atoms with Crippen LogP contribution < -0.4 is 5.32 Å². The van der Waals surface area contributed by atoms with Gasteiger partial charge in [0, 0.05) is 27.6 Å². The third-order valence-electron chi connectivity index (χ3n) is 0.785. The van der Waals surface area contributed by atoms with E-state index in [1.54, 1.807) is 32.9 Å². The molecular weight excluding hydrogens is 338 g/mol. The van der Waals surface area contributed by atoms with Gasteiger partial charge in [-0.1, -0.05) is 51.5 Å². The van der Waals surface area contributed by atoms with Gasteiger partial charge in [-0.05, 0) is 33.5 Å². The van der Waals surface area contributed by atoms with Gasteiger partial charge in [0.15, 0.2) is 0 Å². The number of methoxy groups -OCH3 is 2. The molecule has 0 aromatic rings. The fourth-order valence-electron chi connectivity index (χ4n) is 0. The van der Waals surface area contributed by atoms with Gasteiger partial charge >= 0.3 is 5.97 Å². The van der Waals surface area contributed by atoms with E-state index in [2.05, 4.69) is 14.8 Å². The second-order valence-corrected chi connectivity index (χ2v) is 3.88. The molecule has 168 valence electrons. The van der Waals surface area contributed by atoms with E-state index in [1.165, 1.54) is 14.0 Å². The molecule has 0 radical (unpaired) electrons. The second kappa shape index (κ2) is 108. The molecule has 6 heteroatoms. The Bertz CT molecular complexity index is 140. The number of hydrogen-bond donors (Lipinski definition) is 1. The first-order chi connectivity index (χ1) is 8.78. The Morgan fingerprint density at radius 1 is 0.840 bits per heavy atom. The molecule has 0 aliphatic carbocycles. The molecule has 0 saturated carbocycles. The maximum absolute atomic E-state index is 9.81. The van der Waals surface area contributed by atoms with E-state index >= 15 is 0 Å². The average Bonchev–Trinajstić information content (AvgIpc) is 2.32. The fourth-order valence-corrected chi connectivity index (χ4v) is 0. The number of ketones is 1. The minimum absolute atomic E-state index is 0. The van der Waals surface area contributed by atoms with Crippen molar-refractivity contribution in [3.05, 3.63) is 0 Å². The number of Topliss-reactive ketones (excluding diaryl/α,β-unsaturated/α-hetero) is 1. The summed E-state index contributed by atoms with van der Waals surface area (Å²) in [7, 11) is 8.35. The highest BCUT2D eigenvalue weighted by Gasteiger charge is 1.77. The zero-order valence-electron chi connectivity index (χ0n) is 14.2. The first kappa shape index (κ1) is 74.4. The van der Waals surface area contributed by atoms with Crippen LogP contribution in [0.5, 0.6) is 0 Å². The average molecular weight is 396 g/mol. The molecule has 0 amide bonds. The Labute approximate surface area is 168 Å². The quantitative estimate of drug-likeness (QED) is 0.544. The maximum atomic E-state index is 9.81. The molecule has 5 nitrogen and oxygen atoms in total. The van der Waals surface area contributed by atoms with Gasteiger partial charge in [0.1, 0.15) is 5.78 Å². The summed E-state index contributed by atoms with van der Waals surface area (Å²) in [6.07, 6.45) is 4.75. The topological polar surface area (TPSA) is 64.6 Å². The van der Waals surface area contributed by atoms with E-state index in [-0.39, 0.29) is 56.3 Å². The van der Waals surface area contributed by atoms with E-state index in [0.29, 0.717) is 6.42 Å². The second-order valence-electron chi connectivity index (χ2n) is 3.07. The van der Waals surface area contributed by atoms with E-state index in [9.17, 15) is 9.59 Å². The van der Waals surface area contributed by atoms with Crippen LogP contribution in [0.3, 0.4) is 0 Å². The lowest BCUT2D eigenvalue weighted by molar-refractivity contribution is -0.137. The number of carbonyl (C=O) groups excluding carboxylic acids is 2. The molecule has 1 N–H and O–H groups in total. The van der Waals surface area contributed by atoms with Gasteiger partial charge in [0.05, 0.1) is 7.11 Å². The molecule has 0 aliphatic rings. The Kier molecular flexibility index (Phi) is 323. The number of ether oxygens (including phenoxy) is 2. The van der Waals surface area contributed by atoms with Crippen molar-refractivity contribution in [2.75, 3.05) is 47.9 Å². The van der Waals surface area contributed by atoms with Crippen molar-refractivity contribution in [1.82, 2.24) is 5.32 Å². The zero-order valence-corrected chi connectivity index (χ0v) is 15.1. The van der Waals surface area contributed by atoms with Crippen molar-refractivity contribution in [3.8, 4) is 0 Å². The number of carbonyl (C=O) groups is 2. The molecule has 25 heavy (non-hydrogen) atoms. The van der Waals surface area contributed by atoms with Crippen LogP contribution in [0, 0.1) is 0 Å². The molecule has 0 bridgehead atoms. The Morgan fingerprint density at radius 2 is 0.920 bits per heavy atom. The summed E-state index contributed by atoms with van der Waals surface area (Å²) < 4.78 is 8.36. The van der Waals surface area contributed by atoms with E-state index in [4.69, 9.17) is 0 Å². The van der Waals surface area contributed by atoms with Gasteiger partial charge in [-0.2, -0.15) is 11.8 Å². The van der Waals surface area contributed by atoms with E-state index in [1.807, 2.05) is 33.5 Å². The van der Waals surface area contributed by atoms with Gasteiger partial charge in [-0.3, -0.25) is 4.79 Å². The van der Waals surface area contributed by atoms with Gasteiger partial charge in [0.25, 0.3) is 0 Å². The van der Waals surface area contributed by atoms with Crippen molar-refractivity contribution in [3.63, 3.8) is 0 Å². The van der Waals surface area contributed by atoms with Crippen molar-refractivity contribution >= 4 is 23.5 Å². The van der Waals surface area contributed by atoms with Crippen LogP contribution in [0.1, 0.15) is 71.8 Å². The minimum atomic E-state index is -0.245. The fraction of sp³-hybridized carbons (Fsp3) is 0.895. The van der Waals surface area contributed by atoms with Gasteiger partial charge < -0.3 is 19.6 Å².